The first-order chi connectivity index (χ1) is 5.83. The molecule has 0 saturated carbocycles. The molecule has 0 N–H and O–H groups in total. The minimum atomic E-state index is 0.386. The molecule has 0 aliphatic rings. The van der Waals surface area contributed by atoms with E-state index in [4.69, 9.17) is 5.26 Å². The lowest BCUT2D eigenvalue weighted by Crippen LogP contribution is -1.99. The van der Waals surface area contributed by atoms with Crippen molar-refractivity contribution in [1.82, 2.24) is 0 Å². The van der Waals surface area contributed by atoms with Crippen LogP contribution in [0.2, 0.25) is 0 Å². The van der Waals surface area contributed by atoms with Gasteiger partial charge in [-0.15, -0.1) is 0 Å². The predicted octanol–water partition coefficient (Wildman–Crippen LogP) is 2.83. The first kappa shape index (κ1) is 9.15. The van der Waals surface area contributed by atoms with Gasteiger partial charge in [0.1, 0.15) is 5.40 Å². The molecule has 0 heterocycles. The van der Waals surface area contributed by atoms with Crippen LogP contribution in [0.5, 0.6) is 0 Å². The van der Waals surface area contributed by atoms with Crippen molar-refractivity contribution in [1.29, 1.82) is 5.26 Å². The normalized spacial score (nSPS) is 12.0. The molecule has 0 amide bonds. The maximum Gasteiger partial charge on any atom is 0.133 e. The molecular weight excluding hydrogens is 166 g/mol. The highest BCUT2D eigenvalue weighted by Crippen LogP contribution is 2.13. The fourth-order valence-electron chi connectivity index (χ4n) is 1.08. The van der Waals surface area contributed by atoms with Crippen molar-refractivity contribution in [3.05, 3.63) is 35.9 Å². The molecule has 0 saturated heterocycles. The van der Waals surface area contributed by atoms with Crippen LogP contribution < -0.4 is 0 Å². The summed E-state index contributed by atoms with van der Waals surface area (Å²) in [7, 11) is 0. The van der Waals surface area contributed by atoms with E-state index in [1.165, 1.54) is 17.3 Å². The van der Waals surface area contributed by atoms with Gasteiger partial charge >= 0.3 is 0 Å². The van der Waals surface area contributed by atoms with Gasteiger partial charge in [0.05, 0.1) is 0 Å². The lowest BCUT2D eigenvalue weighted by molar-refractivity contribution is 0.947. The van der Waals surface area contributed by atoms with Crippen molar-refractivity contribution in [3.8, 4) is 5.40 Å². The average molecular weight is 177 g/mol. The summed E-state index contributed by atoms with van der Waals surface area (Å²) in [5.41, 5.74) is 1.30. The van der Waals surface area contributed by atoms with E-state index in [1.807, 2.05) is 18.2 Å². The Morgan fingerprint density at radius 1 is 1.42 bits per heavy atom. The number of nitrogens with zero attached hydrogens (tertiary/aromatic N) is 1. The van der Waals surface area contributed by atoms with E-state index in [0.29, 0.717) is 5.25 Å². The Morgan fingerprint density at radius 2 is 2.08 bits per heavy atom. The lowest BCUT2D eigenvalue weighted by Gasteiger charge is -2.04. The van der Waals surface area contributed by atoms with Crippen LogP contribution in [0.4, 0.5) is 0 Å². The molecule has 1 atom stereocenters. The zero-order valence-electron chi connectivity index (χ0n) is 7.03. The van der Waals surface area contributed by atoms with Gasteiger partial charge in [0.15, 0.2) is 0 Å². The molecule has 1 aromatic carbocycles. The van der Waals surface area contributed by atoms with Gasteiger partial charge in [-0.1, -0.05) is 37.3 Å². The SMILES string of the molecule is C[C@@H](Cc1ccccc1)SC#N. The zero-order valence-corrected chi connectivity index (χ0v) is 7.84. The monoisotopic (exact) mass is 177 g/mol. The van der Waals surface area contributed by atoms with Gasteiger partial charge in [0.25, 0.3) is 0 Å². The first-order valence-electron chi connectivity index (χ1n) is 3.91. The van der Waals surface area contributed by atoms with Gasteiger partial charge in [0.2, 0.25) is 0 Å². The highest BCUT2D eigenvalue weighted by molar-refractivity contribution is 8.04. The van der Waals surface area contributed by atoms with E-state index in [-0.39, 0.29) is 0 Å². The van der Waals surface area contributed by atoms with Crippen molar-refractivity contribution in [2.75, 3.05) is 0 Å². The average Bonchev–Trinajstić information content (AvgIpc) is 2.06. The Hall–Kier alpha value is -0.940. The molecule has 0 aliphatic carbocycles. The van der Waals surface area contributed by atoms with Gasteiger partial charge in [-0.25, -0.2) is 0 Å². The van der Waals surface area contributed by atoms with Crippen LogP contribution in [0.1, 0.15) is 12.5 Å². The number of benzene rings is 1. The smallest absolute Gasteiger partial charge is 0.133 e. The minimum absolute atomic E-state index is 0.386. The quantitative estimate of drug-likeness (QED) is 0.663. The molecule has 0 bridgehead atoms. The van der Waals surface area contributed by atoms with Gasteiger partial charge in [-0.3, -0.25) is 0 Å². The highest BCUT2D eigenvalue weighted by Gasteiger charge is 2.02. The van der Waals surface area contributed by atoms with Crippen LogP contribution in [-0.2, 0) is 6.42 Å². The van der Waals surface area contributed by atoms with Crippen LogP contribution in [-0.4, -0.2) is 5.25 Å². The molecule has 1 nitrogen and oxygen atoms in total. The Morgan fingerprint density at radius 3 is 2.67 bits per heavy atom. The molecule has 1 aromatic rings. The first-order valence-corrected chi connectivity index (χ1v) is 4.79. The maximum absolute atomic E-state index is 8.43. The third kappa shape index (κ3) is 2.98. The van der Waals surface area contributed by atoms with Crippen LogP contribution in [0.15, 0.2) is 30.3 Å². The zero-order chi connectivity index (χ0) is 8.81. The summed E-state index contributed by atoms with van der Waals surface area (Å²) < 4.78 is 0. The molecule has 2 heteroatoms. The molecule has 1 rings (SSSR count). The lowest BCUT2D eigenvalue weighted by atomic mass is 10.1. The second kappa shape index (κ2) is 4.84. The fraction of sp³-hybridized carbons (Fsp3) is 0.300. The van der Waals surface area contributed by atoms with E-state index in [1.54, 1.807) is 0 Å². The second-order valence-corrected chi connectivity index (χ2v) is 3.93. The Balaban J connectivity index is 2.48. The van der Waals surface area contributed by atoms with Crippen LogP contribution >= 0.6 is 11.8 Å². The number of hydrogen-bond donors (Lipinski definition) is 0. The second-order valence-electron chi connectivity index (χ2n) is 2.71. The number of rotatable bonds is 3. The highest BCUT2D eigenvalue weighted by atomic mass is 32.2. The standard InChI is InChI=1S/C10H11NS/c1-9(12-8-11)7-10-5-3-2-4-6-10/h2-6,9H,7H2,1H3/t9-/m0/s1. The van der Waals surface area contributed by atoms with E-state index in [2.05, 4.69) is 24.5 Å². The van der Waals surface area contributed by atoms with Gasteiger partial charge in [-0.2, -0.15) is 5.26 Å². The third-order valence-corrected chi connectivity index (χ3v) is 2.29. The van der Waals surface area contributed by atoms with Crippen molar-refractivity contribution in [3.63, 3.8) is 0 Å². The maximum atomic E-state index is 8.43. The van der Waals surface area contributed by atoms with Crippen molar-refractivity contribution >= 4 is 11.8 Å². The molecule has 0 aliphatic heterocycles. The number of hydrogen-bond acceptors (Lipinski definition) is 2. The molecule has 0 unspecified atom stereocenters. The van der Waals surface area contributed by atoms with Crippen LogP contribution in [0.25, 0.3) is 0 Å². The summed E-state index contributed by atoms with van der Waals surface area (Å²) in [5.74, 6) is 0. The topological polar surface area (TPSA) is 23.8 Å². The largest absolute Gasteiger partial charge is 0.185 e. The summed E-state index contributed by atoms with van der Waals surface area (Å²) >= 11 is 1.33. The number of thioether (sulfide) groups is 1. The van der Waals surface area contributed by atoms with E-state index in [0.717, 1.165) is 6.42 Å². The van der Waals surface area contributed by atoms with E-state index in [9.17, 15) is 0 Å². The Bertz CT molecular complexity index is 263. The number of thiocyanates is 1. The van der Waals surface area contributed by atoms with E-state index < -0.39 is 0 Å². The summed E-state index contributed by atoms with van der Waals surface area (Å²) in [4.78, 5) is 0. The van der Waals surface area contributed by atoms with Gasteiger partial charge in [-0.05, 0) is 23.7 Å². The van der Waals surface area contributed by atoms with E-state index >= 15 is 0 Å². The fourth-order valence-corrected chi connectivity index (χ4v) is 1.53. The van der Waals surface area contributed by atoms with Gasteiger partial charge in [0, 0.05) is 5.25 Å². The van der Waals surface area contributed by atoms with Crippen LogP contribution in [0, 0.1) is 10.7 Å². The van der Waals surface area contributed by atoms with Gasteiger partial charge < -0.3 is 0 Å². The molecule has 0 fully saturated rings. The molecule has 0 spiro atoms. The molecule has 0 aromatic heterocycles. The molecular formula is C10H11NS. The molecule has 62 valence electrons. The summed E-state index contributed by atoms with van der Waals surface area (Å²) in [5, 5.41) is 10.9. The third-order valence-electron chi connectivity index (χ3n) is 1.62. The van der Waals surface area contributed by atoms with Crippen molar-refractivity contribution in [2.24, 2.45) is 0 Å². The Labute approximate surface area is 77.4 Å². The minimum Gasteiger partial charge on any atom is -0.185 e. The summed E-state index contributed by atoms with van der Waals surface area (Å²) in [6.07, 6.45) is 0.971. The van der Waals surface area contributed by atoms with Crippen molar-refractivity contribution < 1.29 is 0 Å². The number of nitriles is 1. The predicted molar refractivity (Wildman–Crippen MR) is 52.8 cm³/mol. The van der Waals surface area contributed by atoms with Crippen LogP contribution in [0.3, 0.4) is 0 Å². The summed E-state index contributed by atoms with van der Waals surface area (Å²) in [6, 6.07) is 10.2. The van der Waals surface area contributed by atoms with Crippen molar-refractivity contribution in [2.45, 2.75) is 18.6 Å². The molecule has 0 radical (unpaired) electrons. The summed E-state index contributed by atoms with van der Waals surface area (Å²) in [6.45, 7) is 2.07. The Kier molecular flexibility index (Phi) is 3.69. The molecule has 12 heavy (non-hydrogen) atoms.